The van der Waals surface area contributed by atoms with E-state index in [0.717, 1.165) is 65.9 Å². The topological polar surface area (TPSA) is 88.5 Å². The van der Waals surface area contributed by atoms with Crippen LogP contribution >= 0.6 is 0 Å². The molecule has 0 saturated carbocycles. The summed E-state index contributed by atoms with van der Waals surface area (Å²) in [6.07, 6.45) is 1.67. The van der Waals surface area contributed by atoms with Crippen LogP contribution in [0.2, 0.25) is 0 Å². The highest BCUT2D eigenvalue weighted by atomic mass is 16.5. The van der Waals surface area contributed by atoms with Gasteiger partial charge in [-0.15, -0.1) is 0 Å². The highest BCUT2D eigenvalue weighted by Gasteiger charge is 2.17. The molecule has 7 nitrogen and oxygen atoms in total. The molecule has 144 valence electrons. The summed E-state index contributed by atoms with van der Waals surface area (Å²) in [6, 6.07) is 0. The summed E-state index contributed by atoms with van der Waals surface area (Å²) in [5.41, 5.74) is 4.20. The smallest absolute Gasteiger partial charge is 0.191 e. The molecule has 0 amide bonds. The average molecular weight is 361 g/mol. The van der Waals surface area contributed by atoms with Gasteiger partial charge in [0.15, 0.2) is 5.96 Å². The van der Waals surface area contributed by atoms with Gasteiger partial charge in [-0.1, -0.05) is 31.1 Å². The Morgan fingerprint density at radius 1 is 1.08 bits per heavy atom. The molecule has 1 atom stereocenters. The van der Waals surface area contributed by atoms with Crippen LogP contribution in [0.25, 0.3) is 0 Å². The van der Waals surface area contributed by atoms with E-state index >= 15 is 0 Å². The number of nitrogens with zero attached hydrogens (tertiary/aromatic N) is 3. The zero-order valence-electron chi connectivity index (χ0n) is 16.8. The Labute approximate surface area is 155 Å². The first-order valence-electron chi connectivity index (χ1n) is 9.42. The third-order valence-electron chi connectivity index (χ3n) is 4.50. The van der Waals surface area contributed by atoms with Gasteiger partial charge in [0.2, 0.25) is 0 Å². The van der Waals surface area contributed by atoms with Crippen molar-refractivity contribution in [3.8, 4) is 0 Å². The summed E-state index contributed by atoms with van der Waals surface area (Å²) >= 11 is 0. The number of hydrogen-bond acceptors (Lipinski definition) is 5. The third-order valence-corrected chi connectivity index (χ3v) is 4.50. The normalized spacial score (nSPS) is 13.1. The molecule has 2 N–H and O–H groups in total. The molecular weight excluding hydrogens is 330 g/mol. The molecule has 2 aromatic rings. The maximum Gasteiger partial charge on any atom is 0.191 e. The fourth-order valence-corrected chi connectivity index (χ4v) is 3.16. The lowest BCUT2D eigenvalue weighted by Crippen LogP contribution is -2.39. The number of hydrogen-bond donors (Lipinski definition) is 2. The Hall–Kier alpha value is -2.31. The molecule has 0 radical (unpaired) electrons. The monoisotopic (exact) mass is 361 g/mol. The largest absolute Gasteiger partial charge is 0.361 e. The van der Waals surface area contributed by atoms with E-state index in [9.17, 15) is 0 Å². The fraction of sp³-hybridized carbons (Fsp3) is 0.632. The van der Waals surface area contributed by atoms with Crippen LogP contribution in [0.15, 0.2) is 14.0 Å². The number of aryl methyl sites for hydroxylation is 4. The van der Waals surface area contributed by atoms with E-state index in [0.29, 0.717) is 6.54 Å². The summed E-state index contributed by atoms with van der Waals surface area (Å²) in [5, 5.41) is 14.9. The van der Waals surface area contributed by atoms with E-state index in [1.165, 1.54) is 0 Å². The lowest BCUT2D eigenvalue weighted by atomic mass is 10.00. The number of aromatic nitrogens is 2. The Kier molecular flexibility index (Phi) is 7.24. The van der Waals surface area contributed by atoms with Gasteiger partial charge in [-0.3, -0.25) is 0 Å². The maximum absolute atomic E-state index is 5.42. The predicted octanol–water partition coefficient (Wildman–Crippen LogP) is 3.26. The predicted molar refractivity (Wildman–Crippen MR) is 102 cm³/mol. The second-order valence-corrected chi connectivity index (χ2v) is 6.45. The minimum atomic E-state index is 0.276. The highest BCUT2D eigenvalue weighted by Crippen LogP contribution is 2.22. The van der Waals surface area contributed by atoms with Crippen LogP contribution in [0, 0.1) is 13.8 Å². The SMILES string of the molecule is CCNC(=NCc1c(CC)noc1CC)NCC(C)c1c(C)noc1C. The van der Waals surface area contributed by atoms with Crippen LogP contribution in [0.1, 0.15) is 67.6 Å². The average Bonchev–Trinajstić information content (AvgIpc) is 3.19. The van der Waals surface area contributed by atoms with E-state index in [1.54, 1.807) is 0 Å². The van der Waals surface area contributed by atoms with Crippen molar-refractivity contribution < 1.29 is 9.05 Å². The second-order valence-electron chi connectivity index (χ2n) is 6.45. The Morgan fingerprint density at radius 2 is 1.85 bits per heavy atom. The molecule has 0 aromatic carbocycles. The van der Waals surface area contributed by atoms with E-state index in [-0.39, 0.29) is 5.92 Å². The van der Waals surface area contributed by atoms with Crippen molar-refractivity contribution in [1.82, 2.24) is 20.9 Å². The van der Waals surface area contributed by atoms with Crippen molar-refractivity contribution in [1.29, 1.82) is 0 Å². The first kappa shape index (κ1) is 20.0. The molecule has 0 bridgehead atoms. The lowest BCUT2D eigenvalue weighted by Gasteiger charge is -2.16. The molecule has 0 saturated heterocycles. The van der Waals surface area contributed by atoms with Crippen LogP contribution in [0.3, 0.4) is 0 Å². The summed E-state index contributed by atoms with van der Waals surface area (Å²) in [7, 11) is 0. The van der Waals surface area contributed by atoms with E-state index < -0.39 is 0 Å². The summed E-state index contributed by atoms with van der Waals surface area (Å²) in [5.74, 6) is 2.86. The minimum Gasteiger partial charge on any atom is -0.361 e. The van der Waals surface area contributed by atoms with Gasteiger partial charge in [-0.05, 0) is 27.2 Å². The molecular formula is C19H31N5O2. The van der Waals surface area contributed by atoms with Gasteiger partial charge in [0.25, 0.3) is 0 Å². The van der Waals surface area contributed by atoms with Crippen LogP contribution in [-0.2, 0) is 19.4 Å². The molecule has 1 unspecified atom stereocenters. The van der Waals surface area contributed by atoms with Gasteiger partial charge in [0.1, 0.15) is 11.5 Å². The molecule has 7 heteroatoms. The van der Waals surface area contributed by atoms with Gasteiger partial charge >= 0.3 is 0 Å². The fourth-order valence-electron chi connectivity index (χ4n) is 3.16. The molecule has 2 aromatic heterocycles. The molecule has 2 heterocycles. The van der Waals surface area contributed by atoms with Crippen LogP contribution in [0.4, 0.5) is 0 Å². The van der Waals surface area contributed by atoms with Crippen LogP contribution in [-0.4, -0.2) is 29.4 Å². The second kappa shape index (κ2) is 9.40. The van der Waals surface area contributed by atoms with E-state index in [2.05, 4.69) is 48.6 Å². The first-order valence-corrected chi connectivity index (χ1v) is 9.42. The molecule has 0 spiro atoms. The lowest BCUT2D eigenvalue weighted by molar-refractivity contribution is 0.380. The quantitative estimate of drug-likeness (QED) is 0.554. The van der Waals surface area contributed by atoms with Gasteiger partial charge in [0.05, 0.1) is 17.9 Å². The standard InChI is InChI=1S/C19H31N5O2/c1-7-16-15(17(8-2)26-24-16)11-22-19(20-9-3)21-10-12(4)18-13(5)23-25-14(18)6/h12H,7-11H2,1-6H3,(H2,20,21,22). The van der Waals surface area contributed by atoms with Gasteiger partial charge < -0.3 is 19.7 Å². The zero-order valence-corrected chi connectivity index (χ0v) is 16.8. The Bertz CT molecular complexity index is 691. The molecule has 2 rings (SSSR count). The van der Waals surface area contributed by atoms with E-state index in [4.69, 9.17) is 14.0 Å². The van der Waals surface area contributed by atoms with Crippen LogP contribution in [0.5, 0.6) is 0 Å². The summed E-state index contributed by atoms with van der Waals surface area (Å²) in [6.45, 7) is 14.4. The van der Waals surface area contributed by atoms with Crippen molar-refractivity contribution in [3.63, 3.8) is 0 Å². The zero-order chi connectivity index (χ0) is 19.1. The number of guanidine groups is 1. The Morgan fingerprint density at radius 3 is 2.42 bits per heavy atom. The summed E-state index contributed by atoms with van der Waals surface area (Å²) in [4.78, 5) is 4.73. The van der Waals surface area contributed by atoms with Crippen molar-refractivity contribution in [3.05, 3.63) is 34.0 Å². The Balaban J connectivity index is 2.06. The molecule has 0 fully saturated rings. The van der Waals surface area contributed by atoms with Gasteiger partial charge in [0, 0.05) is 36.6 Å². The minimum absolute atomic E-state index is 0.276. The van der Waals surface area contributed by atoms with Gasteiger partial charge in [-0.2, -0.15) is 0 Å². The van der Waals surface area contributed by atoms with Crippen molar-refractivity contribution in [2.45, 2.75) is 66.8 Å². The maximum atomic E-state index is 5.42. The number of rotatable bonds is 8. The number of nitrogens with one attached hydrogen (secondary N) is 2. The molecule has 26 heavy (non-hydrogen) atoms. The highest BCUT2D eigenvalue weighted by molar-refractivity contribution is 5.79. The number of aliphatic imine (C=N–C) groups is 1. The van der Waals surface area contributed by atoms with E-state index in [1.807, 2.05) is 13.8 Å². The first-order chi connectivity index (χ1) is 12.5. The van der Waals surface area contributed by atoms with Gasteiger partial charge in [-0.25, -0.2) is 4.99 Å². The molecule has 0 aliphatic heterocycles. The molecule has 0 aliphatic rings. The van der Waals surface area contributed by atoms with Crippen molar-refractivity contribution >= 4 is 5.96 Å². The molecule has 0 aliphatic carbocycles. The van der Waals surface area contributed by atoms with Crippen molar-refractivity contribution in [2.75, 3.05) is 13.1 Å². The van der Waals surface area contributed by atoms with Crippen molar-refractivity contribution in [2.24, 2.45) is 4.99 Å². The third kappa shape index (κ3) is 4.65. The summed E-state index contributed by atoms with van der Waals surface area (Å²) < 4.78 is 10.7. The van der Waals surface area contributed by atoms with Crippen LogP contribution < -0.4 is 10.6 Å².